The zero-order chi connectivity index (χ0) is 29.5. The van der Waals surface area contributed by atoms with Crippen LogP contribution < -0.4 is 24.3 Å². The Kier molecular flexibility index (Phi) is 9.86. The van der Waals surface area contributed by atoms with E-state index >= 15 is 0 Å². The van der Waals surface area contributed by atoms with Crippen LogP contribution in [0, 0.1) is 0 Å². The summed E-state index contributed by atoms with van der Waals surface area (Å²) in [6.45, 7) is 6.45. The van der Waals surface area contributed by atoms with Gasteiger partial charge in [0, 0.05) is 62.9 Å². The molecule has 226 valence electrons. The molecule has 1 N–H and O–H groups in total. The molecule has 2 aliphatic rings. The van der Waals surface area contributed by atoms with Crippen LogP contribution in [0.3, 0.4) is 0 Å². The van der Waals surface area contributed by atoms with E-state index in [1.807, 2.05) is 54.4 Å². The van der Waals surface area contributed by atoms with E-state index in [-0.39, 0.29) is 5.91 Å². The molecule has 5 rings (SSSR count). The van der Waals surface area contributed by atoms with Crippen LogP contribution in [0.2, 0.25) is 0 Å². The highest BCUT2D eigenvalue weighted by atomic mass is 16.5. The lowest BCUT2D eigenvalue weighted by Gasteiger charge is -2.27. The summed E-state index contributed by atoms with van der Waals surface area (Å²) >= 11 is 0. The van der Waals surface area contributed by atoms with Gasteiger partial charge in [0.2, 0.25) is 0 Å². The SMILES string of the molecule is COc1ccc(CN(Cc2cccc(OCCCN3CCNCC3)c2OC)C(=O)c2cc(C3CC3)nn2C)c(OC)c1. The van der Waals surface area contributed by atoms with E-state index in [0.717, 1.165) is 68.8 Å². The van der Waals surface area contributed by atoms with Gasteiger partial charge >= 0.3 is 0 Å². The molecule has 0 atom stereocenters. The van der Waals surface area contributed by atoms with Crippen molar-refractivity contribution >= 4 is 5.91 Å². The molecule has 3 aromatic rings. The molecule has 10 heteroatoms. The minimum absolute atomic E-state index is 0.112. The maximum absolute atomic E-state index is 14.1. The summed E-state index contributed by atoms with van der Waals surface area (Å²) in [6, 6.07) is 13.5. The highest BCUT2D eigenvalue weighted by Gasteiger charge is 2.30. The molecule has 0 radical (unpaired) electrons. The Morgan fingerprint density at radius 1 is 0.976 bits per heavy atom. The number of para-hydroxylation sites is 1. The Morgan fingerprint density at radius 2 is 1.76 bits per heavy atom. The highest BCUT2D eigenvalue weighted by molar-refractivity contribution is 5.92. The van der Waals surface area contributed by atoms with E-state index in [0.29, 0.717) is 54.3 Å². The number of nitrogens with one attached hydrogen (secondary N) is 1. The van der Waals surface area contributed by atoms with E-state index in [2.05, 4.69) is 15.3 Å². The third-order valence-corrected chi connectivity index (χ3v) is 7.97. The maximum atomic E-state index is 14.1. The summed E-state index contributed by atoms with van der Waals surface area (Å²) in [5.74, 6) is 3.01. The van der Waals surface area contributed by atoms with Gasteiger partial charge in [-0.15, -0.1) is 0 Å². The van der Waals surface area contributed by atoms with Gasteiger partial charge in [-0.3, -0.25) is 9.48 Å². The average molecular weight is 578 g/mol. The van der Waals surface area contributed by atoms with Gasteiger partial charge in [-0.05, 0) is 43.5 Å². The van der Waals surface area contributed by atoms with Crippen LogP contribution in [0.1, 0.15) is 52.5 Å². The fourth-order valence-corrected chi connectivity index (χ4v) is 5.46. The number of aryl methyl sites for hydroxylation is 1. The van der Waals surface area contributed by atoms with Crippen molar-refractivity contribution in [3.05, 3.63) is 65.0 Å². The monoisotopic (exact) mass is 577 g/mol. The van der Waals surface area contributed by atoms with Gasteiger partial charge < -0.3 is 34.1 Å². The summed E-state index contributed by atoms with van der Waals surface area (Å²) in [5, 5.41) is 8.04. The number of benzene rings is 2. The fourth-order valence-electron chi connectivity index (χ4n) is 5.46. The number of hydrogen-bond donors (Lipinski definition) is 1. The van der Waals surface area contributed by atoms with Gasteiger partial charge in [0.1, 0.15) is 17.2 Å². The number of ether oxygens (including phenoxy) is 4. The Hall–Kier alpha value is -3.76. The van der Waals surface area contributed by atoms with Crippen LogP contribution in [0.15, 0.2) is 42.5 Å². The summed E-state index contributed by atoms with van der Waals surface area (Å²) < 4.78 is 24.8. The van der Waals surface area contributed by atoms with Crippen molar-refractivity contribution in [1.29, 1.82) is 0 Å². The Balaban J connectivity index is 1.37. The molecule has 2 aromatic carbocycles. The van der Waals surface area contributed by atoms with Crippen LogP contribution in [-0.4, -0.2) is 86.1 Å². The van der Waals surface area contributed by atoms with Crippen molar-refractivity contribution in [2.75, 3.05) is 60.7 Å². The molecule has 1 aliphatic heterocycles. The van der Waals surface area contributed by atoms with E-state index in [9.17, 15) is 4.79 Å². The van der Waals surface area contributed by atoms with Gasteiger partial charge in [0.15, 0.2) is 11.5 Å². The van der Waals surface area contributed by atoms with Crippen LogP contribution in [0.5, 0.6) is 23.0 Å². The second kappa shape index (κ2) is 13.9. The van der Waals surface area contributed by atoms with E-state index in [1.165, 1.54) is 0 Å². The van der Waals surface area contributed by atoms with Crippen LogP contribution in [-0.2, 0) is 20.1 Å². The summed E-state index contributed by atoms with van der Waals surface area (Å²) in [6.07, 6.45) is 3.17. The van der Waals surface area contributed by atoms with E-state index in [4.69, 9.17) is 18.9 Å². The lowest BCUT2D eigenvalue weighted by molar-refractivity contribution is 0.0716. The first-order valence-corrected chi connectivity index (χ1v) is 14.8. The molecule has 10 nitrogen and oxygen atoms in total. The molecule has 0 bridgehead atoms. The predicted octanol–water partition coefficient (Wildman–Crippen LogP) is 3.84. The van der Waals surface area contributed by atoms with Gasteiger partial charge in [0.25, 0.3) is 5.91 Å². The predicted molar refractivity (Wildman–Crippen MR) is 161 cm³/mol. The lowest BCUT2D eigenvalue weighted by atomic mass is 10.1. The Morgan fingerprint density at radius 3 is 2.48 bits per heavy atom. The van der Waals surface area contributed by atoms with Crippen LogP contribution in [0.4, 0.5) is 0 Å². The molecular formula is C32H43N5O5. The maximum Gasteiger partial charge on any atom is 0.272 e. The second-order valence-electron chi connectivity index (χ2n) is 10.9. The third-order valence-electron chi connectivity index (χ3n) is 7.97. The van der Waals surface area contributed by atoms with Crippen molar-refractivity contribution in [1.82, 2.24) is 24.9 Å². The molecule has 1 saturated heterocycles. The van der Waals surface area contributed by atoms with Crippen molar-refractivity contribution < 1.29 is 23.7 Å². The topological polar surface area (TPSA) is 90.3 Å². The largest absolute Gasteiger partial charge is 0.497 e. The standard InChI is InChI=1S/C32H43N5O5/c1-35-28(20-27(34-35)23-9-10-23)32(38)37(21-24-11-12-26(39-2)19-30(24)40-3)22-25-7-5-8-29(31(25)41-4)42-18-6-15-36-16-13-33-14-17-36/h5,7-8,11-12,19-20,23,33H,6,9-10,13-18,21-22H2,1-4H3. The fraction of sp³-hybridized carbons (Fsp3) is 0.500. The first-order chi connectivity index (χ1) is 20.5. The smallest absolute Gasteiger partial charge is 0.272 e. The summed E-state index contributed by atoms with van der Waals surface area (Å²) in [7, 11) is 6.73. The summed E-state index contributed by atoms with van der Waals surface area (Å²) in [4.78, 5) is 18.4. The van der Waals surface area contributed by atoms with Crippen molar-refractivity contribution in [2.24, 2.45) is 7.05 Å². The molecule has 1 aliphatic carbocycles. The van der Waals surface area contributed by atoms with Gasteiger partial charge in [0.05, 0.1) is 46.7 Å². The number of aromatic nitrogens is 2. The molecule has 2 fully saturated rings. The number of hydrogen-bond acceptors (Lipinski definition) is 8. The number of nitrogens with zero attached hydrogens (tertiary/aromatic N) is 4. The lowest BCUT2D eigenvalue weighted by Crippen LogP contribution is -2.43. The normalized spacial score (nSPS) is 15.3. The van der Waals surface area contributed by atoms with E-state index < -0.39 is 0 Å². The first kappa shape index (κ1) is 29.7. The Labute approximate surface area is 248 Å². The van der Waals surface area contributed by atoms with Crippen LogP contribution >= 0.6 is 0 Å². The average Bonchev–Trinajstić information content (AvgIpc) is 3.80. The molecule has 2 heterocycles. The zero-order valence-corrected chi connectivity index (χ0v) is 25.2. The van der Waals surface area contributed by atoms with Gasteiger partial charge in [-0.2, -0.15) is 5.10 Å². The van der Waals surface area contributed by atoms with Crippen molar-refractivity contribution in [3.63, 3.8) is 0 Å². The molecule has 0 unspecified atom stereocenters. The summed E-state index contributed by atoms with van der Waals surface area (Å²) in [5.41, 5.74) is 3.28. The minimum Gasteiger partial charge on any atom is -0.497 e. The number of carbonyl (C=O) groups excluding carboxylic acids is 1. The van der Waals surface area contributed by atoms with Crippen LogP contribution in [0.25, 0.3) is 0 Å². The number of methoxy groups -OCH3 is 3. The van der Waals surface area contributed by atoms with Crippen molar-refractivity contribution in [3.8, 4) is 23.0 Å². The molecule has 0 spiro atoms. The molecule has 1 amide bonds. The first-order valence-electron chi connectivity index (χ1n) is 14.8. The van der Waals surface area contributed by atoms with Gasteiger partial charge in [-0.1, -0.05) is 12.1 Å². The second-order valence-corrected chi connectivity index (χ2v) is 10.9. The van der Waals surface area contributed by atoms with Crippen molar-refractivity contribution in [2.45, 2.75) is 38.3 Å². The minimum atomic E-state index is -0.112. The Bertz CT molecular complexity index is 1350. The number of rotatable bonds is 14. The number of amides is 1. The molecule has 1 aromatic heterocycles. The third kappa shape index (κ3) is 7.17. The zero-order valence-electron chi connectivity index (χ0n) is 25.2. The van der Waals surface area contributed by atoms with E-state index in [1.54, 1.807) is 26.0 Å². The highest BCUT2D eigenvalue weighted by Crippen LogP contribution is 2.40. The molecule has 42 heavy (non-hydrogen) atoms. The number of carbonyl (C=O) groups is 1. The molecule has 1 saturated carbocycles. The van der Waals surface area contributed by atoms with Gasteiger partial charge in [-0.25, -0.2) is 0 Å². The number of piperazine rings is 1. The quantitative estimate of drug-likeness (QED) is 0.289. The molecular weight excluding hydrogens is 534 g/mol.